The summed E-state index contributed by atoms with van der Waals surface area (Å²) in [6.07, 6.45) is 6.85. The van der Waals surface area contributed by atoms with Gasteiger partial charge in [-0.15, -0.1) is 0 Å². The summed E-state index contributed by atoms with van der Waals surface area (Å²) in [6.45, 7) is 2.00. The molecule has 1 aromatic carbocycles. The first-order chi connectivity index (χ1) is 13.7. The second-order valence-corrected chi connectivity index (χ2v) is 7.22. The molecule has 28 heavy (non-hydrogen) atoms. The molecule has 0 aliphatic carbocycles. The number of aromatic nitrogens is 2. The number of benzene rings is 1. The highest BCUT2D eigenvalue weighted by atomic mass is 35.5. The smallest absolute Gasteiger partial charge is 0.329 e. The van der Waals surface area contributed by atoms with Crippen LogP contribution in [-0.2, 0) is 16.1 Å². The number of carbonyl (C=O) groups excluding carboxylic acids is 1. The molecule has 2 aliphatic heterocycles. The SMILES string of the molecule is O=C(OCc1cc(Cl)c2c(c1)OCCCO2)C1CCCCN1c1ncccn1. The van der Waals surface area contributed by atoms with Crippen molar-refractivity contribution in [1.29, 1.82) is 0 Å². The van der Waals surface area contributed by atoms with Crippen LogP contribution in [0.25, 0.3) is 0 Å². The number of anilines is 1. The Hall–Kier alpha value is -2.54. The van der Waals surface area contributed by atoms with Crippen LogP contribution in [0.5, 0.6) is 11.5 Å². The van der Waals surface area contributed by atoms with Gasteiger partial charge in [-0.25, -0.2) is 14.8 Å². The molecule has 0 N–H and O–H groups in total. The van der Waals surface area contributed by atoms with Gasteiger partial charge in [0.2, 0.25) is 5.95 Å². The molecule has 1 fully saturated rings. The summed E-state index contributed by atoms with van der Waals surface area (Å²) in [7, 11) is 0. The van der Waals surface area contributed by atoms with Crippen LogP contribution in [0, 0.1) is 0 Å². The third-order valence-corrected chi connectivity index (χ3v) is 5.11. The molecule has 1 saturated heterocycles. The fourth-order valence-corrected chi connectivity index (χ4v) is 3.76. The van der Waals surface area contributed by atoms with E-state index >= 15 is 0 Å². The van der Waals surface area contributed by atoms with Gasteiger partial charge in [-0.05, 0) is 43.0 Å². The van der Waals surface area contributed by atoms with Crippen molar-refractivity contribution in [2.24, 2.45) is 0 Å². The van der Waals surface area contributed by atoms with Crippen LogP contribution >= 0.6 is 11.6 Å². The van der Waals surface area contributed by atoms with Crippen molar-refractivity contribution in [1.82, 2.24) is 9.97 Å². The van der Waals surface area contributed by atoms with Crippen LogP contribution in [0.1, 0.15) is 31.2 Å². The normalized spacial score (nSPS) is 19.0. The Morgan fingerprint density at radius 3 is 2.86 bits per heavy atom. The lowest BCUT2D eigenvalue weighted by atomic mass is 10.0. The summed E-state index contributed by atoms with van der Waals surface area (Å²) in [5.41, 5.74) is 0.765. The molecule has 3 heterocycles. The van der Waals surface area contributed by atoms with E-state index in [9.17, 15) is 4.79 Å². The standard InChI is InChI=1S/C20H22ClN3O4/c21-15-11-14(12-17-18(15)27-10-4-9-26-17)13-28-19(25)16-5-1-2-8-24(16)20-22-6-3-7-23-20/h3,6-7,11-12,16H,1-2,4-5,8-10,13H2. The Balaban J connectivity index is 1.45. The molecular formula is C20H22ClN3O4. The van der Waals surface area contributed by atoms with Gasteiger partial charge < -0.3 is 19.1 Å². The largest absolute Gasteiger partial charge is 0.489 e. The summed E-state index contributed by atoms with van der Waals surface area (Å²) < 4.78 is 16.9. The zero-order chi connectivity index (χ0) is 19.3. The Kier molecular flexibility index (Phi) is 5.81. The number of piperidine rings is 1. The Bertz CT molecular complexity index is 834. The third-order valence-electron chi connectivity index (χ3n) is 4.83. The molecule has 1 atom stereocenters. The molecule has 0 spiro atoms. The van der Waals surface area contributed by atoms with E-state index in [0.29, 0.717) is 35.7 Å². The van der Waals surface area contributed by atoms with Gasteiger partial charge >= 0.3 is 5.97 Å². The van der Waals surface area contributed by atoms with Gasteiger partial charge in [0.25, 0.3) is 0 Å². The van der Waals surface area contributed by atoms with Crippen molar-refractivity contribution < 1.29 is 19.0 Å². The first kappa shape index (κ1) is 18.8. The van der Waals surface area contributed by atoms with E-state index in [0.717, 1.165) is 37.8 Å². The highest BCUT2D eigenvalue weighted by Crippen LogP contribution is 2.38. The van der Waals surface area contributed by atoms with E-state index < -0.39 is 0 Å². The Morgan fingerprint density at radius 2 is 2.00 bits per heavy atom. The summed E-state index contributed by atoms with van der Waals surface area (Å²) in [5.74, 6) is 1.42. The zero-order valence-electron chi connectivity index (χ0n) is 15.5. The van der Waals surface area contributed by atoms with E-state index in [2.05, 4.69) is 9.97 Å². The molecule has 1 unspecified atom stereocenters. The molecule has 4 rings (SSSR count). The van der Waals surface area contributed by atoms with Crippen molar-refractivity contribution in [2.45, 2.75) is 38.3 Å². The van der Waals surface area contributed by atoms with Gasteiger partial charge in [-0.1, -0.05) is 11.6 Å². The Morgan fingerprint density at radius 1 is 1.18 bits per heavy atom. The number of hydrogen-bond acceptors (Lipinski definition) is 7. The maximum Gasteiger partial charge on any atom is 0.329 e. The molecule has 2 aliphatic rings. The van der Waals surface area contributed by atoms with Gasteiger partial charge in [0, 0.05) is 25.4 Å². The van der Waals surface area contributed by atoms with E-state index in [4.69, 9.17) is 25.8 Å². The zero-order valence-corrected chi connectivity index (χ0v) is 16.2. The summed E-state index contributed by atoms with van der Waals surface area (Å²) in [4.78, 5) is 23.3. The van der Waals surface area contributed by atoms with E-state index in [1.165, 1.54) is 0 Å². The number of fused-ring (bicyclic) bond motifs is 1. The minimum Gasteiger partial charge on any atom is -0.489 e. The molecule has 2 aromatic rings. The molecular weight excluding hydrogens is 382 g/mol. The van der Waals surface area contributed by atoms with Gasteiger partial charge in [-0.3, -0.25) is 0 Å². The molecule has 8 heteroatoms. The van der Waals surface area contributed by atoms with E-state index in [1.54, 1.807) is 24.5 Å². The summed E-state index contributed by atoms with van der Waals surface area (Å²) in [5, 5.41) is 0.461. The van der Waals surface area contributed by atoms with Crippen molar-refractivity contribution in [3.8, 4) is 11.5 Å². The number of hydrogen-bond donors (Lipinski definition) is 0. The molecule has 1 aromatic heterocycles. The lowest BCUT2D eigenvalue weighted by Gasteiger charge is -2.33. The average Bonchev–Trinajstić information content (AvgIpc) is 2.98. The highest BCUT2D eigenvalue weighted by Gasteiger charge is 2.31. The number of esters is 1. The molecule has 148 valence electrons. The maximum atomic E-state index is 12.8. The predicted molar refractivity (Wildman–Crippen MR) is 104 cm³/mol. The van der Waals surface area contributed by atoms with Crippen LogP contribution in [0.3, 0.4) is 0 Å². The minimum atomic E-state index is -0.382. The lowest BCUT2D eigenvalue weighted by molar-refractivity contribution is -0.147. The second kappa shape index (κ2) is 8.65. The molecule has 0 amide bonds. The van der Waals surface area contributed by atoms with Crippen molar-refractivity contribution in [2.75, 3.05) is 24.7 Å². The average molecular weight is 404 g/mol. The van der Waals surface area contributed by atoms with Crippen LogP contribution < -0.4 is 14.4 Å². The molecule has 0 saturated carbocycles. The minimum absolute atomic E-state index is 0.120. The van der Waals surface area contributed by atoms with Gasteiger partial charge in [-0.2, -0.15) is 0 Å². The lowest BCUT2D eigenvalue weighted by Crippen LogP contribution is -2.46. The first-order valence-corrected chi connectivity index (χ1v) is 9.88. The van der Waals surface area contributed by atoms with Crippen LogP contribution in [0.2, 0.25) is 5.02 Å². The topological polar surface area (TPSA) is 73.8 Å². The predicted octanol–water partition coefficient (Wildman–Crippen LogP) is 3.39. The van der Waals surface area contributed by atoms with E-state index in [-0.39, 0.29) is 18.6 Å². The van der Waals surface area contributed by atoms with Crippen molar-refractivity contribution in [3.63, 3.8) is 0 Å². The molecule has 0 radical (unpaired) electrons. The molecule has 0 bridgehead atoms. The van der Waals surface area contributed by atoms with Crippen LogP contribution in [0.4, 0.5) is 5.95 Å². The van der Waals surface area contributed by atoms with Crippen LogP contribution in [0.15, 0.2) is 30.6 Å². The number of ether oxygens (including phenoxy) is 3. The molecule has 7 nitrogen and oxygen atoms in total. The number of halogens is 1. The monoisotopic (exact) mass is 403 g/mol. The third kappa shape index (κ3) is 4.14. The fraction of sp³-hybridized carbons (Fsp3) is 0.450. The van der Waals surface area contributed by atoms with Gasteiger partial charge in [0.15, 0.2) is 11.5 Å². The van der Waals surface area contributed by atoms with Gasteiger partial charge in [0.05, 0.1) is 18.2 Å². The second-order valence-electron chi connectivity index (χ2n) is 6.82. The quantitative estimate of drug-likeness (QED) is 0.724. The Labute approximate surface area is 168 Å². The first-order valence-electron chi connectivity index (χ1n) is 9.50. The van der Waals surface area contributed by atoms with Gasteiger partial charge in [0.1, 0.15) is 12.6 Å². The summed E-state index contributed by atoms with van der Waals surface area (Å²) >= 11 is 6.32. The number of rotatable bonds is 4. The number of carbonyl (C=O) groups is 1. The van der Waals surface area contributed by atoms with Crippen LogP contribution in [-0.4, -0.2) is 41.7 Å². The van der Waals surface area contributed by atoms with Crippen molar-refractivity contribution in [3.05, 3.63) is 41.2 Å². The fourth-order valence-electron chi connectivity index (χ4n) is 3.47. The number of nitrogens with zero attached hydrogens (tertiary/aromatic N) is 3. The maximum absolute atomic E-state index is 12.8. The van der Waals surface area contributed by atoms with E-state index in [1.807, 2.05) is 11.0 Å². The highest BCUT2D eigenvalue weighted by molar-refractivity contribution is 6.32. The van der Waals surface area contributed by atoms with Crippen molar-refractivity contribution >= 4 is 23.5 Å². The summed E-state index contributed by atoms with van der Waals surface area (Å²) in [6, 6.07) is 4.95.